The fraction of sp³-hybridized carbons (Fsp3) is 0.357. The lowest BCUT2D eigenvalue weighted by molar-refractivity contribution is 0.180. The average molecular weight is 323 g/mol. The molecular weight excluding hydrogens is 306 g/mol. The fourth-order valence-corrected chi connectivity index (χ4v) is 4.95. The van der Waals surface area contributed by atoms with Gasteiger partial charge in [0, 0.05) is 38.9 Å². The summed E-state index contributed by atoms with van der Waals surface area (Å²) in [6.07, 6.45) is 1.78. The van der Waals surface area contributed by atoms with Crippen LogP contribution in [0.25, 0.3) is 0 Å². The summed E-state index contributed by atoms with van der Waals surface area (Å²) in [6, 6.07) is 9.30. The van der Waals surface area contributed by atoms with Gasteiger partial charge in [0.15, 0.2) is 0 Å². The van der Waals surface area contributed by atoms with Crippen molar-refractivity contribution in [2.75, 3.05) is 26.2 Å². The quantitative estimate of drug-likeness (QED) is 0.858. The van der Waals surface area contributed by atoms with E-state index in [0.717, 1.165) is 25.3 Å². The Hall–Kier alpha value is -1.28. The number of piperazine rings is 1. The van der Waals surface area contributed by atoms with Gasteiger partial charge >= 0.3 is 0 Å². The van der Waals surface area contributed by atoms with Gasteiger partial charge in [-0.15, -0.1) is 11.3 Å². The van der Waals surface area contributed by atoms with Crippen LogP contribution in [0.15, 0.2) is 46.1 Å². The standard InChI is InChI=1S/C14H17N3O2S2/c18-21(19,14-5-3-11-20-14)17-9-7-16(8-10-17)12-13-4-1-2-6-15-13/h1-6,11H,7-10,12H2. The highest BCUT2D eigenvalue weighted by molar-refractivity contribution is 7.91. The van der Waals surface area contributed by atoms with Crippen molar-refractivity contribution in [3.8, 4) is 0 Å². The maximum atomic E-state index is 12.4. The summed E-state index contributed by atoms with van der Waals surface area (Å²) >= 11 is 1.27. The van der Waals surface area contributed by atoms with Crippen LogP contribution in [-0.2, 0) is 16.6 Å². The van der Waals surface area contributed by atoms with Crippen LogP contribution in [0.2, 0.25) is 0 Å². The number of sulfonamides is 1. The van der Waals surface area contributed by atoms with E-state index in [2.05, 4.69) is 9.88 Å². The number of aromatic nitrogens is 1. The van der Waals surface area contributed by atoms with E-state index in [1.807, 2.05) is 18.2 Å². The molecule has 0 aliphatic carbocycles. The van der Waals surface area contributed by atoms with Gasteiger partial charge < -0.3 is 0 Å². The van der Waals surface area contributed by atoms with Gasteiger partial charge in [0.2, 0.25) is 0 Å². The van der Waals surface area contributed by atoms with Gasteiger partial charge in [-0.2, -0.15) is 4.31 Å². The maximum absolute atomic E-state index is 12.4. The van der Waals surface area contributed by atoms with Gasteiger partial charge in [-0.25, -0.2) is 8.42 Å². The van der Waals surface area contributed by atoms with Crippen LogP contribution < -0.4 is 0 Å². The van der Waals surface area contributed by atoms with Gasteiger partial charge in [0.05, 0.1) is 5.69 Å². The Balaban J connectivity index is 1.61. The first-order chi connectivity index (χ1) is 10.2. The Kier molecular flexibility index (Phi) is 4.34. The highest BCUT2D eigenvalue weighted by atomic mass is 32.2. The molecule has 0 unspecified atom stereocenters. The number of thiophene rings is 1. The van der Waals surface area contributed by atoms with E-state index in [0.29, 0.717) is 17.3 Å². The Bertz CT molecular complexity index is 664. The van der Waals surface area contributed by atoms with Gasteiger partial charge in [-0.05, 0) is 23.6 Å². The molecule has 1 aliphatic rings. The molecule has 0 saturated carbocycles. The molecule has 2 aromatic rings. The molecular formula is C14H17N3O2S2. The van der Waals surface area contributed by atoms with Crippen LogP contribution in [0.1, 0.15) is 5.69 Å². The molecule has 0 atom stereocenters. The molecule has 0 radical (unpaired) electrons. The molecule has 1 fully saturated rings. The number of nitrogens with zero attached hydrogens (tertiary/aromatic N) is 3. The Morgan fingerprint density at radius 3 is 2.52 bits per heavy atom. The van der Waals surface area contributed by atoms with Crippen LogP contribution in [0.5, 0.6) is 0 Å². The minimum Gasteiger partial charge on any atom is -0.295 e. The van der Waals surface area contributed by atoms with E-state index in [9.17, 15) is 8.42 Å². The van der Waals surface area contributed by atoms with E-state index >= 15 is 0 Å². The van der Waals surface area contributed by atoms with E-state index in [-0.39, 0.29) is 0 Å². The lowest BCUT2D eigenvalue weighted by Gasteiger charge is -2.33. The maximum Gasteiger partial charge on any atom is 0.252 e. The molecule has 3 heterocycles. The van der Waals surface area contributed by atoms with Crippen molar-refractivity contribution < 1.29 is 8.42 Å². The first-order valence-corrected chi connectivity index (χ1v) is 9.14. The second kappa shape index (κ2) is 6.23. The molecule has 0 bridgehead atoms. The lowest BCUT2D eigenvalue weighted by Crippen LogP contribution is -2.48. The van der Waals surface area contributed by atoms with E-state index in [1.165, 1.54) is 11.3 Å². The summed E-state index contributed by atoms with van der Waals surface area (Å²) in [7, 11) is -3.31. The highest BCUT2D eigenvalue weighted by Crippen LogP contribution is 2.22. The zero-order valence-electron chi connectivity index (χ0n) is 11.6. The molecule has 0 amide bonds. The third-order valence-corrected chi connectivity index (χ3v) is 6.80. The van der Waals surface area contributed by atoms with Crippen LogP contribution in [-0.4, -0.2) is 48.8 Å². The zero-order chi connectivity index (χ0) is 14.7. The first-order valence-electron chi connectivity index (χ1n) is 6.82. The lowest BCUT2D eigenvalue weighted by atomic mass is 10.3. The third-order valence-electron chi connectivity index (χ3n) is 3.53. The van der Waals surface area contributed by atoms with E-state index in [4.69, 9.17) is 0 Å². The second-order valence-electron chi connectivity index (χ2n) is 4.93. The molecule has 1 aliphatic heterocycles. The van der Waals surface area contributed by atoms with Crippen molar-refractivity contribution in [1.29, 1.82) is 0 Å². The van der Waals surface area contributed by atoms with Gasteiger partial charge in [0.25, 0.3) is 10.0 Å². The fourth-order valence-electron chi connectivity index (χ4n) is 2.39. The summed E-state index contributed by atoms with van der Waals surface area (Å²) in [4.78, 5) is 6.55. The minimum absolute atomic E-state index is 0.431. The van der Waals surface area contributed by atoms with Gasteiger partial charge in [-0.1, -0.05) is 12.1 Å². The smallest absolute Gasteiger partial charge is 0.252 e. The Morgan fingerprint density at radius 1 is 1.10 bits per heavy atom. The average Bonchev–Trinajstić information content (AvgIpc) is 3.04. The summed E-state index contributed by atoms with van der Waals surface area (Å²) in [5.41, 5.74) is 1.02. The molecule has 5 nitrogen and oxygen atoms in total. The molecule has 2 aromatic heterocycles. The predicted octanol–water partition coefficient (Wildman–Crippen LogP) is 1.65. The van der Waals surface area contributed by atoms with Crippen LogP contribution >= 0.6 is 11.3 Å². The minimum atomic E-state index is -3.31. The molecule has 0 N–H and O–H groups in total. The molecule has 112 valence electrons. The molecule has 7 heteroatoms. The van der Waals surface area contributed by atoms with Crippen molar-refractivity contribution in [1.82, 2.24) is 14.2 Å². The summed E-state index contributed by atoms with van der Waals surface area (Å²) in [5, 5.41) is 1.80. The van der Waals surface area contributed by atoms with Crippen molar-refractivity contribution in [3.05, 3.63) is 47.6 Å². The number of hydrogen-bond acceptors (Lipinski definition) is 5. The number of pyridine rings is 1. The van der Waals surface area contributed by atoms with Crippen molar-refractivity contribution in [2.45, 2.75) is 10.8 Å². The van der Waals surface area contributed by atoms with E-state index < -0.39 is 10.0 Å². The molecule has 3 rings (SSSR count). The monoisotopic (exact) mass is 323 g/mol. The van der Waals surface area contributed by atoms with Gasteiger partial charge in [-0.3, -0.25) is 9.88 Å². The Morgan fingerprint density at radius 2 is 1.90 bits per heavy atom. The van der Waals surface area contributed by atoms with Crippen molar-refractivity contribution in [3.63, 3.8) is 0 Å². The topological polar surface area (TPSA) is 53.5 Å². The SMILES string of the molecule is O=S(=O)(c1cccs1)N1CCN(Cc2ccccn2)CC1. The number of hydrogen-bond donors (Lipinski definition) is 0. The second-order valence-corrected chi connectivity index (χ2v) is 8.05. The number of rotatable bonds is 4. The summed E-state index contributed by atoms with van der Waals surface area (Å²) in [5.74, 6) is 0. The highest BCUT2D eigenvalue weighted by Gasteiger charge is 2.29. The van der Waals surface area contributed by atoms with E-state index in [1.54, 1.807) is 28.0 Å². The molecule has 1 saturated heterocycles. The van der Waals surface area contributed by atoms with Crippen LogP contribution in [0.3, 0.4) is 0 Å². The Labute approximate surface area is 128 Å². The molecule has 21 heavy (non-hydrogen) atoms. The first kappa shape index (κ1) is 14.6. The normalized spacial score (nSPS) is 17.9. The van der Waals surface area contributed by atoms with Crippen molar-refractivity contribution in [2.24, 2.45) is 0 Å². The zero-order valence-corrected chi connectivity index (χ0v) is 13.2. The van der Waals surface area contributed by atoms with Crippen LogP contribution in [0.4, 0.5) is 0 Å². The third kappa shape index (κ3) is 3.32. The van der Waals surface area contributed by atoms with Gasteiger partial charge in [0.1, 0.15) is 4.21 Å². The molecule has 0 aromatic carbocycles. The van der Waals surface area contributed by atoms with Crippen molar-refractivity contribution >= 4 is 21.4 Å². The largest absolute Gasteiger partial charge is 0.295 e. The van der Waals surface area contributed by atoms with Crippen LogP contribution in [0, 0.1) is 0 Å². The molecule has 0 spiro atoms. The summed E-state index contributed by atoms with van der Waals surface area (Å²) < 4.78 is 26.8. The summed E-state index contributed by atoms with van der Waals surface area (Å²) in [6.45, 7) is 3.32. The predicted molar refractivity (Wildman–Crippen MR) is 82.6 cm³/mol.